The molecule has 0 aromatic heterocycles. The van der Waals surface area contributed by atoms with Crippen molar-refractivity contribution in [2.45, 2.75) is 11.0 Å². The lowest BCUT2D eigenvalue weighted by Gasteiger charge is -2.28. The Kier molecular flexibility index (Phi) is 2.64. The molecular formula is C9H12N2O3S. The van der Waals surface area contributed by atoms with Crippen molar-refractivity contribution < 1.29 is 13.2 Å². The van der Waals surface area contributed by atoms with Crippen molar-refractivity contribution in [1.82, 2.24) is 5.32 Å². The van der Waals surface area contributed by atoms with Gasteiger partial charge in [0.25, 0.3) is 0 Å². The van der Waals surface area contributed by atoms with Crippen LogP contribution in [-0.2, 0) is 10.0 Å². The summed E-state index contributed by atoms with van der Waals surface area (Å²) in [5.74, 6) is 0.325. The topological polar surface area (TPSA) is 81.4 Å². The van der Waals surface area contributed by atoms with Crippen molar-refractivity contribution in [3.8, 4) is 5.75 Å². The Hall–Kier alpha value is -1.11. The van der Waals surface area contributed by atoms with Crippen molar-refractivity contribution in [2.24, 2.45) is 5.14 Å². The van der Waals surface area contributed by atoms with Gasteiger partial charge in [-0.3, -0.25) is 0 Å². The number of ether oxygens (including phenoxy) is 1. The van der Waals surface area contributed by atoms with E-state index in [0.29, 0.717) is 5.75 Å². The Bertz CT molecular complexity index is 454. The van der Waals surface area contributed by atoms with Gasteiger partial charge >= 0.3 is 0 Å². The maximum Gasteiger partial charge on any atom is 0.241 e. The third-order valence-corrected chi connectivity index (χ3v) is 3.14. The van der Waals surface area contributed by atoms with Gasteiger partial charge in [0.15, 0.2) is 0 Å². The molecule has 3 N–H and O–H groups in total. The molecule has 5 nitrogen and oxygen atoms in total. The van der Waals surface area contributed by atoms with Crippen LogP contribution in [0.15, 0.2) is 29.2 Å². The summed E-state index contributed by atoms with van der Waals surface area (Å²) in [4.78, 5) is 0.0388. The third kappa shape index (κ3) is 2.28. The number of nitrogens with one attached hydrogen (secondary N) is 1. The number of hydrogen-bond donors (Lipinski definition) is 2. The van der Waals surface area contributed by atoms with Gasteiger partial charge in [0, 0.05) is 13.1 Å². The molecule has 2 rings (SSSR count). The van der Waals surface area contributed by atoms with Crippen molar-refractivity contribution in [2.75, 3.05) is 13.1 Å². The molecule has 1 saturated heterocycles. The molecule has 0 radical (unpaired) electrons. The molecule has 1 fully saturated rings. The number of para-hydroxylation sites is 1. The first-order valence-electron chi connectivity index (χ1n) is 4.56. The minimum atomic E-state index is -3.71. The Balaban J connectivity index is 2.29. The highest BCUT2D eigenvalue weighted by Gasteiger charge is 2.22. The van der Waals surface area contributed by atoms with E-state index < -0.39 is 10.0 Å². The van der Waals surface area contributed by atoms with Crippen LogP contribution in [0.2, 0.25) is 0 Å². The number of sulfonamides is 1. The molecule has 1 aliphatic rings. The predicted molar refractivity (Wildman–Crippen MR) is 55.1 cm³/mol. The van der Waals surface area contributed by atoms with Gasteiger partial charge in [-0.15, -0.1) is 0 Å². The third-order valence-electron chi connectivity index (χ3n) is 2.19. The summed E-state index contributed by atoms with van der Waals surface area (Å²) in [6, 6.07) is 6.39. The van der Waals surface area contributed by atoms with Gasteiger partial charge in [-0.2, -0.15) is 0 Å². The van der Waals surface area contributed by atoms with Gasteiger partial charge in [0.05, 0.1) is 0 Å². The Morgan fingerprint density at radius 2 is 2.00 bits per heavy atom. The van der Waals surface area contributed by atoms with Gasteiger partial charge in [0.1, 0.15) is 16.7 Å². The highest BCUT2D eigenvalue weighted by atomic mass is 32.2. The number of hydrogen-bond acceptors (Lipinski definition) is 4. The lowest BCUT2D eigenvalue weighted by Crippen LogP contribution is -2.50. The number of rotatable bonds is 3. The summed E-state index contributed by atoms with van der Waals surface area (Å²) in [5, 5.41) is 8.10. The minimum absolute atomic E-state index is 0.0351. The van der Waals surface area contributed by atoms with Gasteiger partial charge in [0.2, 0.25) is 10.0 Å². The van der Waals surface area contributed by atoms with Crippen LogP contribution in [0.3, 0.4) is 0 Å². The highest BCUT2D eigenvalue weighted by molar-refractivity contribution is 7.89. The summed E-state index contributed by atoms with van der Waals surface area (Å²) >= 11 is 0. The van der Waals surface area contributed by atoms with Crippen molar-refractivity contribution in [3.05, 3.63) is 24.3 Å². The fraction of sp³-hybridized carbons (Fsp3) is 0.333. The van der Waals surface area contributed by atoms with Gasteiger partial charge < -0.3 is 10.1 Å². The fourth-order valence-electron chi connectivity index (χ4n) is 1.31. The van der Waals surface area contributed by atoms with E-state index in [1.807, 2.05) is 0 Å². The van der Waals surface area contributed by atoms with Crippen molar-refractivity contribution >= 4 is 10.0 Å². The van der Waals surface area contributed by atoms with E-state index in [-0.39, 0.29) is 11.0 Å². The van der Waals surface area contributed by atoms with Crippen LogP contribution >= 0.6 is 0 Å². The predicted octanol–water partition coefficient (Wildman–Crippen LogP) is -0.315. The highest BCUT2D eigenvalue weighted by Crippen LogP contribution is 2.23. The molecule has 0 atom stereocenters. The van der Waals surface area contributed by atoms with Gasteiger partial charge in [-0.05, 0) is 12.1 Å². The van der Waals surface area contributed by atoms with Gasteiger partial charge in [-0.1, -0.05) is 12.1 Å². The first-order chi connectivity index (χ1) is 7.07. The van der Waals surface area contributed by atoms with E-state index in [1.54, 1.807) is 18.2 Å². The van der Waals surface area contributed by atoms with E-state index >= 15 is 0 Å². The Morgan fingerprint density at radius 3 is 2.53 bits per heavy atom. The second kappa shape index (κ2) is 3.80. The first-order valence-corrected chi connectivity index (χ1v) is 6.11. The minimum Gasteiger partial charge on any atom is -0.486 e. The summed E-state index contributed by atoms with van der Waals surface area (Å²) in [6.07, 6.45) is 0.0351. The second-order valence-electron chi connectivity index (χ2n) is 3.39. The summed E-state index contributed by atoms with van der Waals surface area (Å²) < 4.78 is 27.9. The molecule has 0 saturated carbocycles. The van der Waals surface area contributed by atoms with E-state index in [0.717, 1.165) is 13.1 Å². The number of benzene rings is 1. The first kappa shape index (κ1) is 10.4. The molecule has 6 heteroatoms. The lowest BCUT2D eigenvalue weighted by molar-refractivity contribution is 0.138. The molecule has 1 aliphatic heterocycles. The van der Waals surface area contributed by atoms with E-state index in [2.05, 4.69) is 5.32 Å². The van der Waals surface area contributed by atoms with E-state index in [9.17, 15) is 8.42 Å². The maximum absolute atomic E-state index is 11.2. The molecule has 0 unspecified atom stereocenters. The summed E-state index contributed by atoms with van der Waals surface area (Å²) in [5.41, 5.74) is 0. The van der Waals surface area contributed by atoms with Crippen molar-refractivity contribution in [1.29, 1.82) is 0 Å². The van der Waals surface area contributed by atoms with Crippen LogP contribution in [0.1, 0.15) is 0 Å². The van der Waals surface area contributed by atoms with Crippen LogP contribution in [0.4, 0.5) is 0 Å². The molecular weight excluding hydrogens is 216 g/mol. The van der Waals surface area contributed by atoms with E-state index in [4.69, 9.17) is 9.88 Å². The Morgan fingerprint density at radius 1 is 1.33 bits per heavy atom. The summed E-state index contributed by atoms with van der Waals surface area (Å²) in [6.45, 7) is 1.47. The van der Waals surface area contributed by atoms with Crippen LogP contribution < -0.4 is 15.2 Å². The molecule has 1 aromatic rings. The average Bonchev–Trinajstić information content (AvgIpc) is 2.10. The molecule has 82 valence electrons. The van der Waals surface area contributed by atoms with Gasteiger partial charge in [-0.25, -0.2) is 13.6 Å². The zero-order valence-electron chi connectivity index (χ0n) is 8.01. The molecule has 1 heterocycles. The molecule has 1 aromatic carbocycles. The van der Waals surface area contributed by atoms with Crippen LogP contribution in [0, 0.1) is 0 Å². The monoisotopic (exact) mass is 228 g/mol. The molecule has 0 amide bonds. The largest absolute Gasteiger partial charge is 0.486 e. The molecule has 15 heavy (non-hydrogen) atoms. The van der Waals surface area contributed by atoms with Crippen LogP contribution in [0.25, 0.3) is 0 Å². The molecule has 0 aliphatic carbocycles. The maximum atomic E-state index is 11.2. The quantitative estimate of drug-likeness (QED) is 0.743. The summed E-state index contributed by atoms with van der Waals surface area (Å²) in [7, 11) is -3.71. The lowest BCUT2D eigenvalue weighted by atomic mass is 10.2. The van der Waals surface area contributed by atoms with E-state index in [1.165, 1.54) is 6.07 Å². The van der Waals surface area contributed by atoms with Crippen LogP contribution in [0.5, 0.6) is 5.75 Å². The fourth-order valence-corrected chi connectivity index (χ4v) is 1.97. The second-order valence-corrected chi connectivity index (χ2v) is 4.92. The Labute approximate surface area is 88.3 Å². The average molecular weight is 228 g/mol. The number of nitrogens with two attached hydrogens (primary N) is 1. The SMILES string of the molecule is NS(=O)(=O)c1ccccc1OC1CNC1. The molecule has 0 bridgehead atoms. The van der Waals surface area contributed by atoms with Crippen LogP contribution in [-0.4, -0.2) is 27.6 Å². The zero-order valence-corrected chi connectivity index (χ0v) is 8.83. The zero-order chi connectivity index (χ0) is 10.9. The smallest absolute Gasteiger partial charge is 0.241 e. The number of primary sulfonamides is 1. The normalized spacial score (nSPS) is 17.1. The standard InChI is InChI=1S/C9H12N2O3S/c10-15(12,13)9-4-2-1-3-8(9)14-7-5-11-6-7/h1-4,7,11H,5-6H2,(H2,10,12,13). The van der Waals surface area contributed by atoms with Crippen molar-refractivity contribution in [3.63, 3.8) is 0 Å². The molecule has 0 spiro atoms.